The van der Waals surface area contributed by atoms with Crippen molar-refractivity contribution in [1.29, 1.82) is 5.26 Å². The summed E-state index contributed by atoms with van der Waals surface area (Å²) in [5.41, 5.74) is 3.02. The van der Waals surface area contributed by atoms with E-state index in [2.05, 4.69) is 28.6 Å². The van der Waals surface area contributed by atoms with Gasteiger partial charge < -0.3 is 4.74 Å². The number of rotatable bonds is 6. The highest BCUT2D eigenvalue weighted by Gasteiger charge is 2.31. The number of thioether (sulfide) groups is 1. The minimum atomic E-state index is -0.310. The summed E-state index contributed by atoms with van der Waals surface area (Å²) >= 11 is 4.46. The largest absolute Gasteiger partial charge is 0.487 e. The van der Waals surface area contributed by atoms with Crippen LogP contribution >= 0.6 is 27.7 Å². The molecule has 2 aromatic carbocycles. The number of hydrogen-bond donors (Lipinski definition) is 0. The number of carbonyl (C=O) groups excluding carboxylic acids is 2. The van der Waals surface area contributed by atoms with Crippen LogP contribution in [0.2, 0.25) is 0 Å². The molecular formula is C22H17BrN2O3S. The van der Waals surface area contributed by atoms with Crippen molar-refractivity contribution in [2.75, 3.05) is 7.05 Å². The number of nitrogens with zero attached hydrogens (tertiary/aromatic N) is 2. The lowest BCUT2D eigenvalue weighted by molar-refractivity contribution is -0.121. The standard InChI is InChI=1S/C22H17BrN2O3S/c1-3-6-15-9-14(11-19-21(26)25(2)22(27)29-19)10-18(23)20(15)28-13-17-8-5-4-7-16(17)12-24/h3-5,7-11H,1,6,13H2,2H3/b19-11-. The first-order valence-corrected chi connectivity index (χ1v) is 10.3. The third-order valence-corrected chi connectivity index (χ3v) is 5.85. The van der Waals surface area contributed by atoms with Crippen LogP contribution in [0.3, 0.4) is 0 Å². The van der Waals surface area contributed by atoms with Gasteiger partial charge in [0.15, 0.2) is 0 Å². The molecule has 5 nitrogen and oxygen atoms in total. The normalized spacial score (nSPS) is 14.9. The molecule has 29 heavy (non-hydrogen) atoms. The molecule has 0 aliphatic carbocycles. The Balaban J connectivity index is 1.91. The van der Waals surface area contributed by atoms with Gasteiger partial charge in [0.1, 0.15) is 12.4 Å². The van der Waals surface area contributed by atoms with E-state index in [1.165, 1.54) is 7.05 Å². The minimum Gasteiger partial charge on any atom is -0.487 e. The van der Waals surface area contributed by atoms with Crippen LogP contribution in [-0.2, 0) is 17.8 Å². The zero-order valence-corrected chi connectivity index (χ0v) is 18.0. The number of allylic oxidation sites excluding steroid dienone is 1. The number of amides is 2. The number of halogens is 1. The number of carbonyl (C=O) groups is 2. The maximum Gasteiger partial charge on any atom is 0.293 e. The molecule has 1 heterocycles. The van der Waals surface area contributed by atoms with Gasteiger partial charge in [-0.3, -0.25) is 14.5 Å². The van der Waals surface area contributed by atoms with Gasteiger partial charge in [0.25, 0.3) is 11.1 Å². The third kappa shape index (κ3) is 4.61. The Hall–Kier alpha value is -2.82. The van der Waals surface area contributed by atoms with Crippen molar-refractivity contribution >= 4 is 44.9 Å². The summed E-state index contributed by atoms with van der Waals surface area (Å²) < 4.78 is 6.74. The van der Waals surface area contributed by atoms with Crippen LogP contribution in [0.25, 0.3) is 6.08 Å². The van der Waals surface area contributed by atoms with Crippen molar-refractivity contribution in [3.8, 4) is 11.8 Å². The molecule has 1 aliphatic rings. The Kier molecular flexibility index (Phi) is 6.57. The zero-order chi connectivity index (χ0) is 21.0. The molecule has 0 unspecified atom stereocenters. The van der Waals surface area contributed by atoms with Crippen molar-refractivity contribution in [2.24, 2.45) is 0 Å². The zero-order valence-electron chi connectivity index (χ0n) is 15.6. The van der Waals surface area contributed by atoms with Crippen LogP contribution in [0.5, 0.6) is 5.75 Å². The average molecular weight is 469 g/mol. The van der Waals surface area contributed by atoms with Crippen molar-refractivity contribution in [3.05, 3.63) is 80.7 Å². The van der Waals surface area contributed by atoms with E-state index in [0.29, 0.717) is 27.1 Å². The minimum absolute atomic E-state index is 0.251. The van der Waals surface area contributed by atoms with Gasteiger partial charge in [0.05, 0.1) is 21.0 Å². The Morgan fingerprint density at radius 3 is 2.69 bits per heavy atom. The molecule has 0 saturated carbocycles. The van der Waals surface area contributed by atoms with Crippen LogP contribution in [-0.4, -0.2) is 23.1 Å². The van der Waals surface area contributed by atoms with E-state index in [0.717, 1.165) is 33.4 Å². The first kappa shape index (κ1) is 20.9. The second-order valence-electron chi connectivity index (χ2n) is 6.28. The molecular weight excluding hydrogens is 452 g/mol. The molecule has 1 aliphatic heterocycles. The average Bonchev–Trinajstić information content (AvgIpc) is 2.94. The van der Waals surface area contributed by atoms with E-state index in [-0.39, 0.29) is 17.8 Å². The topological polar surface area (TPSA) is 70.4 Å². The van der Waals surface area contributed by atoms with Crippen LogP contribution in [0, 0.1) is 11.3 Å². The fourth-order valence-corrected chi connectivity index (χ4v) is 4.29. The highest BCUT2D eigenvalue weighted by molar-refractivity contribution is 9.10. The molecule has 2 amide bonds. The van der Waals surface area contributed by atoms with Crippen LogP contribution in [0.15, 0.2) is 58.4 Å². The van der Waals surface area contributed by atoms with E-state index in [1.807, 2.05) is 30.3 Å². The van der Waals surface area contributed by atoms with E-state index in [1.54, 1.807) is 18.2 Å². The van der Waals surface area contributed by atoms with Gasteiger partial charge in [-0.15, -0.1) is 6.58 Å². The van der Waals surface area contributed by atoms with E-state index in [9.17, 15) is 14.9 Å². The lowest BCUT2D eigenvalue weighted by Crippen LogP contribution is -2.22. The Labute approximate surface area is 181 Å². The monoisotopic (exact) mass is 468 g/mol. The predicted molar refractivity (Wildman–Crippen MR) is 117 cm³/mol. The third-order valence-electron chi connectivity index (χ3n) is 4.30. The fraction of sp³-hybridized carbons (Fsp3) is 0.136. The summed E-state index contributed by atoms with van der Waals surface area (Å²) in [4.78, 5) is 25.3. The molecule has 0 N–H and O–H groups in total. The van der Waals surface area contributed by atoms with E-state index < -0.39 is 0 Å². The Morgan fingerprint density at radius 2 is 2.03 bits per heavy atom. The van der Waals surface area contributed by atoms with Gasteiger partial charge in [-0.1, -0.05) is 24.3 Å². The fourth-order valence-electron chi connectivity index (χ4n) is 2.83. The molecule has 0 bridgehead atoms. The molecule has 0 radical (unpaired) electrons. The van der Waals surface area contributed by atoms with Gasteiger partial charge in [0, 0.05) is 12.6 Å². The van der Waals surface area contributed by atoms with Gasteiger partial charge in [0.2, 0.25) is 0 Å². The second-order valence-corrected chi connectivity index (χ2v) is 8.13. The summed E-state index contributed by atoms with van der Waals surface area (Å²) in [5, 5.41) is 8.96. The van der Waals surface area contributed by atoms with Gasteiger partial charge in [-0.2, -0.15) is 5.26 Å². The van der Waals surface area contributed by atoms with Crippen LogP contribution in [0.1, 0.15) is 22.3 Å². The molecule has 0 spiro atoms. The SMILES string of the molecule is C=CCc1cc(/C=C2\SC(=O)N(C)C2=O)cc(Br)c1OCc1ccccc1C#N. The van der Waals surface area contributed by atoms with Crippen LogP contribution in [0.4, 0.5) is 4.79 Å². The molecule has 146 valence electrons. The molecule has 0 atom stereocenters. The molecule has 2 aromatic rings. The summed E-state index contributed by atoms with van der Waals surface area (Å²) in [5.74, 6) is 0.341. The van der Waals surface area contributed by atoms with Gasteiger partial charge >= 0.3 is 0 Å². The summed E-state index contributed by atoms with van der Waals surface area (Å²) in [6.45, 7) is 4.05. The first-order chi connectivity index (χ1) is 13.9. The smallest absolute Gasteiger partial charge is 0.293 e. The van der Waals surface area contributed by atoms with Crippen LogP contribution < -0.4 is 4.74 Å². The summed E-state index contributed by atoms with van der Waals surface area (Å²) in [7, 11) is 1.47. The van der Waals surface area contributed by atoms with E-state index in [4.69, 9.17) is 4.74 Å². The van der Waals surface area contributed by atoms with Crippen molar-refractivity contribution in [1.82, 2.24) is 4.90 Å². The lowest BCUT2D eigenvalue weighted by atomic mass is 10.1. The molecule has 1 saturated heterocycles. The number of nitriles is 1. The number of benzene rings is 2. The highest BCUT2D eigenvalue weighted by Crippen LogP contribution is 2.36. The molecule has 7 heteroatoms. The number of imide groups is 1. The maximum atomic E-state index is 12.1. The molecule has 1 fully saturated rings. The molecule has 3 rings (SSSR count). The van der Waals surface area contributed by atoms with Gasteiger partial charge in [-0.05, 0) is 69.5 Å². The van der Waals surface area contributed by atoms with E-state index >= 15 is 0 Å². The lowest BCUT2D eigenvalue weighted by Gasteiger charge is -2.14. The Bertz CT molecular complexity index is 1070. The Morgan fingerprint density at radius 1 is 1.28 bits per heavy atom. The van der Waals surface area contributed by atoms with Crippen molar-refractivity contribution in [2.45, 2.75) is 13.0 Å². The van der Waals surface area contributed by atoms with Crippen molar-refractivity contribution in [3.63, 3.8) is 0 Å². The summed E-state index contributed by atoms with van der Waals surface area (Å²) in [6.07, 6.45) is 4.02. The van der Waals surface area contributed by atoms with Gasteiger partial charge in [-0.25, -0.2) is 0 Å². The quantitative estimate of drug-likeness (QED) is 0.425. The summed E-state index contributed by atoms with van der Waals surface area (Å²) in [6, 6.07) is 13.2. The first-order valence-electron chi connectivity index (χ1n) is 8.70. The maximum absolute atomic E-state index is 12.1. The number of hydrogen-bond acceptors (Lipinski definition) is 5. The second kappa shape index (κ2) is 9.12. The highest BCUT2D eigenvalue weighted by atomic mass is 79.9. The predicted octanol–water partition coefficient (Wildman–Crippen LogP) is 5.29. The molecule has 0 aromatic heterocycles. The number of likely N-dealkylation sites (N-methyl/N-ethyl adjacent to an activating group) is 1. The van der Waals surface area contributed by atoms with Crippen molar-refractivity contribution < 1.29 is 14.3 Å². The number of ether oxygens (including phenoxy) is 1.